The van der Waals surface area contributed by atoms with Crippen LogP contribution in [-0.4, -0.2) is 55.6 Å². The maximum Gasteiger partial charge on any atom is 0.355 e. The number of hydrogen-bond acceptors (Lipinski definition) is 3. The van der Waals surface area contributed by atoms with Crippen molar-refractivity contribution in [3.8, 4) is 0 Å². The van der Waals surface area contributed by atoms with Crippen molar-refractivity contribution >= 4 is 27.0 Å². The number of nitrogens with one attached hydrogen (secondary N) is 1. The molecule has 0 spiro atoms. The van der Waals surface area contributed by atoms with Crippen LogP contribution in [0.3, 0.4) is 0 Å². The molecule has 0 radical (unpaired) electrons. The van der Waals surface area contributed by atoms with Gasteiger partial charge in [0.25, 0.3) is 11.8 Å². The van der Waals surface area contributed by atoms with Gasteiger partial charge < -0.3 is 4.90 Å². The minimum Gasteiger partial charge on any atom is -0.341 e. The van der Waals surface area contributed by atoms with Gasteiger partial charge in [0.1, 0.15) is 10.8 Å². The summed E-state index contributed by atoms with van der Waals surface area (Å²) in [6, 6.07) is -1.25. The van der Waals surface area contributed by atoms with E-state index in [1.54, 1.807) is 0 Å². The van der Waals surface area contributed by atoms with Crippen molar-refractivity contribution < 1.29 is 23.6 Å². The monoisotopic (exact) mass is 222 g/mol. The number of hydroxylamine groups is 1. The Hall–Kier alpha value is -0.708. The zero-order valence-corrected chi connectivity index (χ0v) is 9.46. The first-order valence-electron chi connectivity index (χ1n) is 3.96. The van der Waals surface area contributed by atoms with Gasteiger partial charge in [-0.2, -0.15) is 0 Å². The predicted molar refractivity (Wildman–Crippen MR) is 43.9 cm³/mol. The van der Waals surface area contributed by atoms with Gasteiger partial charge in [-0.25, -0.2) is 14.3 Å². The van der Waals surface area contributed by atoms with Crippen LogP contribution in [0.15, 0.2) is 0 Å². The van der Waals surface area contributed by atoms with Crippen LogP contribution in [0, 0.1) is 0 Å². The van der Waals surface area contributed by atoms with Crippen LogP contribution in [0.5, 0.6) is 0 Å². The van der Waals surface area contributed by atoms with Crippen LogP contribution in [0.1, 0.15) is 6.42 Å². The van der Waals surface area contributed by atoms with Crippen molar-refractivity contribution in [2.24, 2.45) is 0 Å². The van der Waals surface area contributed by atoms with Gasteiger partial charge in [0, 0.05) is 6.42 Å². The first-order valence-corrected chi connectivity index (χ1v) is 4.96. The third-order valence-electron chi connectivity index (χ3n) is 2.09. The highest BCUT2D eigenvalue weighted by Crippen LogP contribution is 2.31. The molecule has 0 bridgehead atoms. The number of halogens is 2. The maximum atomic E-state index is 12.9. The van der Waals surface area contributed by atoms with E-state index in [9.17, 15) is 18.4 Å². The van der Waals surface area contributed by atoms with Gasteiger partial charge >= 0.3 is 16.3 Å². The average Bonchev–Trinajstić information content (AvgIpc) is 2.40. The molecule has 2 N–H and O–H groups in total. The lowest BCUT2D eigenvalue weighted by Crippen LogP contribution is -2.44. The molecular weight excluding hydrogens is 213 g/mol. The molecule has 1 rings (SSSR count). The molecule has 0 aromatic carbocycles. The Labute approximate surface area is 86.4 Å². The molecule has 2 amide bonds. The fraction of sp³-hybridized carbons (Fsp3) is 0.667. The molecule has 14 heavy (non-hydrogen) atoms. The third-order valence-corrected chi connectivity index (χ3v) is 2.66. The standard InChI is InChI=1S/C6H7F2N2O3.Al.2H/c7-6(8)1-4(5(12)9-13)10(2-6)3-11;;;/h4,13H,1-2H2,(H,9,12);;;/t4-;;;/m1.../s1. The van der Waals surface area contributed by atoms with Gasteiger partial charge in [0.15, 0.2) is 0 Å². The summed E-state index contributed by atoms with van der Waals surface area (Å²) < 4.78 is 25.2. The smallest absolute Gasteiger partial charge is 0.341 e. The molecule has 1 aliphatic rings. The largest absolute Gasteiger partial charge is 0.355 e. The van der Waals surface area contributed by atoms with Crippen LogP contribution in [-0.2, 0) is 4.79 Å². The summed E-state index contributed by atoms with van der Waals surface area (Å²) in [5.41, 5.74) is 1.28. The molecule has 1 fully saturated rings. The molecule has 0 aromatic heterocycles. The van der Waals surface area contributed by atoms with Gasteiger partial charge in [0.2, 0.25) is 0 Å². The first-order chi connectivity index (χ1) is 6.37. The summed E-state index contributed by atoms with van der Waals surface area (Å²) in [6.45, 7) is -0.743. The Balaban J connectivity index is 2.83. The molecule has 78 valence electrons. The molecule has 0 saturated carbocycles. The van der Waals surface area contributed by atoms with Crippen LogP contribution >= 0.6 is 0 Å². The second-order valence-corrected chi connectivity index (χ2v) is 4.05. The summed E-state index contributed by atoms with van der Waals surface area (Å²) in [5, 5.41) is 8.29. The molecule has 1 atom stereocenters. The lowest BCUT2D eigenvalue weighted by atomic mass is 10.2. The normalized spacial score (nSPS) is 24.8. The molecule has 0 unspecified atom stereocenters. The van der Waals surface area contributed by atoms with Crippen LogP contribution in [0.4, 0.5) is 13.6 Å². The summed E-state index contributed by atoms with van der Waals surface area (Å²) in [4.78, 5) is 22.7. The van der Waals surface area contributed by atoms with Crippen molar-refractivity contribution in [1.82, 2.24) is 10.4 Å². The highest BCUT2D eigenvalue weighted by atomic mass is 27.0. The van der Waals surface area contributed by atoms with Crippen LogP contribution in [0.2, 0.25) is 0 Å². The Morgan fingerprint density at radius 2 is 2.14 bits per heavy atom. The van der Waals surface area contributed by atoms with Crippen molar-refractivity contribution in [2.45, 2.75) is 18.4 Å². The Morgan fingerprint density at radius 3 is 2.57 bits per heavy atom. The van der Waals surface area contributed by atoms with Gasteiger partial charge in [-0.1, -0.05) is 0 Å². The second kappa shape index (κ2) is 3.81. The second-order valence-electron chi connectivity index (χ2n) is 3.20. The Morgan fingerprint density at radius 1 is 1.57 bits per heavy atom. The van der Waals surface area contributed by atoms with E-state index in [1.807, 2.05) is 0 Å². The molecule has 1 saturated heterocycles. The van der Waals surface area contributed by atoms with E-state index in [0.29, 0.717) is 0 Å². The lowest BCUT2D eigenvalue weighted by Gasteiger charge is -2.21. The lowest BCUT2D eigenvalue weighted by molar-refractivity contribution is -0.133. The van der Waals surface area contributed by atoms with Crippen molar-refractivity contribution in [1.29, 1.82) is 0 Å². The molecule has 0 aromatic rings. The van der Waals surface area contributed by atoms with Gasteiger partial charge in [-0.15, -0.1) is 0 Å². The van der Waals surface area contributed by atoms with Crippen molar-refractivity contribution in [3.05, 3.63) is 0 Å². The molecular formula is C6H9AlF2N2O3. The third kappa shape index (κ3) is 2.20. The first kappa shape index (κ1) is 11.4. The molecule has 5 nitrogen and oxygen atoms in total. The van der Waals surface area contributed by atoms with Crippen molar-refractivity contribution in [3.63, 3.8) is 0 Å². The summed E-state index contributed by atoms with van der Waals surface area (Å²) in [5.74, 6) is -4.01. The number of rotatable bonds is 1. The van der Waals surface area contributed by atoms with Gasteiger partial charge in [-0.05, 0) is 0 Å². The summed E-state index contributed by atoms with van der Waals surface area (Å²) in [6.07, 6.45) is -0.729. The fourth-order valence-electron chi connectivity index (χ4n) is 1.46. The van der Waals surface area contributed by atoms with Crippen molar-refractivity contribution in [2.75, 3.05) is 6.54 Å². The Kier molecular flexibility index (Phi) is 3.09. The fourth-order valence-corrected chi connectivity index (χ4v) is 1.93. The zero-order chi connectivity index (χ0) is 10.9. The SMILES string of the molecule is O=C(NO)[C@H]1CC(F)(F)CN1[C](=O)[AlH2]. The minimum atomic E-state index is -3.04. The number of amides is 2. The molecule has 8 heteroatoms. The topological polar surface area (TPSA) is 69.6 Å². The molecule has 1 heterocycles. The van der Waals surface area contributed by atoms with E-state index < -0.39 is 35.6 Å². The number of alkyl halides is 2. The van der Waals surface area contributed by atoms with E-state index in [2.05, 4.69) is 0 Å². The number of likely N-dealkylation sites (tertiary alicyclic amines) is 1. The predicted octanol–water partition coefficient (Wildman–Crippen LogP) is -1.05. The van der Waals surface area contributed by atoms with Crippen LogP contribution in [0.25, 0.3) is 0 Å². The molecule has 1 aliphatic heterocycles. The van der Waals surface area contributed by atoms with Gasteiger partial charge in [-0.3, -0.25) is 14.8 Å². The number of carbonyl (C=O) groups excluding carboxylic acids is 2. The van der Waals surface area contributed by atoms with E-state index >= 15 is 0 Å². The number of carbonyl (C=O) groups is 2. The quantitative estimate of drug-likeness (QED) is 0.338. The Bertz CT molecular complexity index is 274. The van der Waals surface area contributed by atoms with E-state index in [0.717, 1.165) is 4.90 Å². The summed E-state index contributed by atoms with van der Waals surface area (Å²) in [7, 11) is 0. The zero-order valence-electron chi connectivity index (χ0n) is 7.46. The van der Waals surface area contributed by atoms with Gasteiger partial charge in [0.05, 0.1) is 6.54 Å². The highest BCUT2D eigenvalue weighted by Gasteiger charge is 2.48. The highest BCUT2D eigenvalue weighted by molar-refractivity contribution is 6.57. The van der Waals surface area contributed by atoms with E-state index in [-0.39, 0.29) is 16.3 Å². The maximum absolute atomic E-state index is 12.9. The number of nitrogens with zero attached hydrogens (tertiary/aromatic N) is 1. The van der Waals surface area contributed by atoms with E-state index in [1.165, 1.54) is 5.48 Å². The average molecular weight is 222 g/mol. The number of hydrogen-bond donors (Lipinski definition) is 2. The van der Waals surface area contributed by atoms with E-state index in [4.69, 9.17) is 5.21 Å². The minimum absolute atomic E-state index is 0.0692. The molecule has 0 aliphatic carbocycles. The van der Waals surface area contributed by atoms with Crippen LogP contribution < -0.4 is 5.48 Å². The summed E-state index contributed by atoms with van der Waals surface area (Å²) >= 11 is 0.0692.